The van der Waals surface area contributed by atoms with Gasteiger partial charge >= 0.3 is 0 Å². The van der Waals surface area contributed by atoms with E-state index in [0.717, 1.165) is 0 Å². The summed E-state index contributed by atoms with van der Waals surface area (Å²) < 4.78 is 1.54. The molecule has 0 aliphatic heterocycles. The van der Waals surface area contributed by atoms with Crippen LogP contribution in [-0.2, 0) is 7.05 Å². The van der Waals surface area contributed by atoms with Gasteiger partial charge in [0.25, 0.3) is 5.91 Å². The smallest absolute Gasteiger partial charge is 0.261 e. The van der Waals surface area contributed by atoms with Crippen molar-refractivity contribution in [2.24, 2.45) is 7.05 Å². The summed E-state index contributed by atoms with van der Waals surface area (Å²) in [5, 5.41) is 6.67. The molecule has 0 aliphatic rings. The van der Waals surface area contributed by atoms with Gasteiger partial charge in [0, 0.05) is 19.4 Å². The summed E-state index contributed by atoms with van der Waals surface area (Å²) in [6.07, 6.45) is 4.52. The molecule has 2 rings (SSSR count). The average Bonchev–Trinajstić information content (AvgIpc) is 2.65. The maximum Gasteiger partial charge on any atom is 0.261 e. The number of hydrogen-bond donors (Lipinski definition) is 1. The zero-order chi connectivity index (χ0) is 11.5. The van der Waals surface area contributed by atoms with Gasteiger partial charge in [0.2, 0.25) is 5.95 Å². The first kappa shape index (κ1) is 10.6. The van der Waals surface area contributed by atoms with E-state index in [-0.39, 0.29) is 17.0 Å². The van der Waals surface area contributed by atoms with Gasteiger partial charge in [-0.25, -0.2) is 9.97 Å². The minimum absolute atomic E-state index is 0.168. The van der Waals surface area contributed by atoms with Crippen LogP contribution < -0.4 is 5.32 Å². The van der Waals surface area contributed by atoms with Crippen molar-refractivity contribution in [3.05, 3.63) is 35.4 Å². The molecule has 2 aromatic heterocycles. The lowest BCUT2D eigenvalue weighted by molar-refractivity contribution is 0.102. The molecule has 0 saturated carbocycles. The van der Waals surface area contributed by atoms with Crippen molar-refractivity contribution in [3.63, 3.8) is 0 Å². The largest absolute Gasteiger partial charge is 0.290 e. The number of nitrogens with one attached hydrogen (secondary N) is 1. The van der Waals surface area contributed by atoms with Gasteiger partial charge < -0.3 is 0 Å². The topological polar surface area (TPSA) is 72.7 Å². The van der Waals surface area contributed by atoms with Gasteiger partial charge in [0.1, 0.15) is 5.15 Å². The molecule has 0 aliphatic carbocycles. The van der Waals surface area contributed by atoms with E-state index < -0.39 is 0 Å². The molecule has 0 saturated heterocycles. The first-order chi connectivity index (χ1) is 7.65. The number of aromatic nitrogens is 4. The van der Waals surface area contributed by atoms with Crippen LogP contribution in [0.1, 0.15) is 10.4 Å². The Morgan fingerprint density at radius 3 is 3.00 bits per heavy atom. The Morgan fingerprint density at radius 1 is 1.56 bits per heavy atom. The lowest BCUT2D eigenvalue weighted by atomic mass is 10.3. The predicted molar refractivity (Wildman–Crippen MR) is 58.2 cm³/mol. The Balaban J connectivity index is 2.13. The molecule has 16 heavy (non-hydrogen) atoms. The summed E-state index contributed by atoms with van der Waals surface area (Å²) in [7, 11) is 1.73. The van der Waals surface area contributed by atoms with E-state index in [0.29, 0.717) is 5.56 Å². The molecule has 82 valence electrons. The van der Waals surface area contributed by atoms with E-state index in [2.05, 4.69) is 20.4 Å². The number of nitrogens with zero attached hydrogens (tertiary/aromatic N) is 4. The van der Waals surface area contributed by atoms with E-state index in [4.69, 9.17) is 11.6 Å². The summed E-state index contributed by atoms with van der Waals surface area (Å²) in [6, 6.07) is 1.53. The zero-order valence-electron chi connectivity index (χ0n) is 8.38. The second-order valence-electron chi connectivity index (χ2n) is 3.06. The molecule has 0 atom stereocenters. The Kier molecular flexibility index (Phi) is 2.82. The zero-order valence-corrected chi connectivity index (χ0v) is 9.14. The maximum atomic E-state index is 11.7. The van der Waals surface area contributed by atoms with Crippen molar-refractivity contribution >= 4 is 23.5 Å². The maximum absolute atomic E-state index is 11.7. The third kappa shape index (κ3) is 2.34. The molecule has 0 aromatic carbocycles. The number of rotatable bonds is 2. The Bertz CT molecular complexity index is 524. The Labute approximate surface area is 96.3 Å². The summed E-state index contributed by atoms with van der Waals surface area (Å²) in [4.78, 5) is 19.3. The number of carbonyl (C=O) groups excluding carboxylic acids is 1. The van der Waals surface area contributed by atoms with Crippen LogP contribution in [0.4, 0.5) is 5.95 Å². The fourth-order valence-corrected chi connectivity index (χ4v) is 1.25. The number of halogens is 1. The second-order valence-corrected chi connectivity index (χ2v) is 3.45. The van der Waals surface area contributed by atoms with Gasteiger partial charge in [-0.3, -0.25) is 14.8 Å². The van der Waals surface area contributed by atoms with Crippen LogP contribution in [0, 0.1) is 0 Å². The number of aryl methyl sites for hydroxylation is 1. The van der Waals surface area contributed by atoms with Crippen LogP contribution in [0.25, 0.3) is 0 Å². The SMILES string of the molecule is Cn1cc(C(=O)Nc2nccc(Cl)n2)cn1. The molecule has 1 amide bonds. The van der Waals surface area contributed by atoms with E-state index in [1.807, 2.05) is 0 Å². The van der Waals surface area contributed by atoms with Gasteiger partial charge in [-0.2, -0.15) is 5.10 Å². The number of hydrogen-bond acceptors (Lipinski definition) is 4. The molecule has 7 heteroatoms. The van der Waals surface area contributed by atoms with Gasteiger partial charge in [-0.1, -0.05) is 11.6 Å². The van der Waals surface area contributed by atoms with Crippen LogP contribution >= 0.6 is 11.6 Å². The van der Waals surface area contributed by atoms with Crippen LogP contribution in [0.15, 0.2) is 24.7 Å². The van der Waals surface area contributed by atoms with Crippen LogP contribution in [-0.4, -0.2) is 25.7 Å². The Morgan fingerprint density at radius 2 is 2.38 bits per heavy atom. The summed E-state index contributed by atoms with van der Waals surface area (Å²) in [6.45, 7) is 0. The molecular weight excluding hydrogens is 230 g/mol. The second kappa shape index (κ2) is 4.28. The van der Waals surface area contributed by atoms with Crippen molar-refractivity contribution in [1.82, 2.24) is 19.7 Å². The van der Waals surface area contributed by atoms with Crippen LogP contribution in [0.3, 0.4) is 0 Å². The van der Waals surface area contributed by atoms with Crippen molar-refractivity contribution in [2.75, 3.05) is 5.32 Å². The summed E-state index contributed by atoms with van der Waals surface area (Å²) >= 11 is 5.66. The molecule has 0 unspecified atom stereocenters. The van der Waals surface area contributed by atoms with Crippen molar-refractivity contribution < 1.29 is 4.79 Å². The third-order valence-electron chi connectivity index (χ3n) is 1.81. The van der Waals surface area contributed by atoms with Gasteiger partial charge in [0.05, 0.1) is 11.8 Å². The molecule has 1 N–H and O–H groups in total. The first-order valence-electron chi connectivity index (χ1n) is 4.44. The highest BCUT2D eigenvalue weighted by Gasteiger charge is 2.09. The van der Waals surface area contributed by atoms with Gasteiger partial charge in [-0.05, 0) is 6.07 Å². The minimum Gasteiger partial charge on any atom is -0.290 e. The highest BCUT2D eigenvalue weighted by atomic mass is 35.5. The van der Waals surface area contributed by atoms with E-state index in [1.54, 1.807) is 13.2 Å². The third-order valence-corrected chi connectivity index (χ3v) is 2.02. The fraction of sp³-hybridized carbons (Fsp3) is 0.111. The monoisotopic (exact) mass is 237 g/mol. The lowest BCUT2D eigenvalue weighted by Crippen LogP contribution is -2.13. The van der Waals surface area contributed by atoms with Crippen LogP contribution in [0.5, 0.6) is 0 Å². The van der Waals surface area contributed by atoms with Crippen LogP contribution in [0.2, 0.25) is 5.15 Å². The molecule has 6 nitrogen and oxygen atoms in total. The Hall–Kier alpha value is -1.95. The summed E-state index contributed by atoms with van der Waals surface area (Å²) in [5.41, 5.74) is 0.436. The fourth-order valence-electron chi connectivity index (χ4n) is 1.11. The van der Waals surface area contributed by atoms with E-state index in [9.17, 15) is 4.79 Å². The standard InChI is InChI=1S/C9H8ClN5O/c1-15-5-6(4-12-15)8(16)14-9-11-3-2-7(10)13-9/h2-5H,1H3,(H,11,13,14,16). The predicted octanol–water partition coefficient (Wildman–Crippen LogP) is 1.12. The summed E-state index contributed by atoms with van der Waals surface area (Å²) in [5.74, 6) is -0.156. The molecule has 0 spiro atoms. The first-order valence-corrected chi connectivity index (χ1v) is 4.81. The van der Waals surface area contributed by atoms with Gasteiger partial charge in [0.15, 0.2) is 0 Å². The number of carbonyl (C=O) groups is 1. The molecule has 2 heterocycles. The molecular formula is C9H8ClN5O. The lowest BCUT2D eigenvalue weighted by Gasteiger charge is -2.00. The van der Waals surface area contributed by atoms with Gasteiger partial charge in [-0.15, -0.1) is 0 Å². The average molecular weight is 238 g/mol. The minimum atomic E-state index is -0.324. The molecule has 2 aromatic rings. The van der Waals surface area contributed by atoms with Crippen molar-refractivity contribution in [1.29, 1.82) is 0 Å². The molecule has 0 bridgehead atoms. The number of anilines is 1. The molecule has 0 radical (unpaired) electrons. The quantitative estimate of drug-likeness (QED) is 0.795. The van der Waals surface area contributed by atoms with E-state index >= 15 is 0 Å². The van der Waals surface area contributed by atoms with E-state index in [1.165, 1.54) is 23.1 Å². The molecule has 0 fully saturated rings. The number of amides is 1. The highest BCUT2D eigenvalue weighted by Crippen LogP contribution is 2.07. The normalized spacial score (nSPS) is 10.1. The van der Waals surface area contributed by atoms with Crippen molar-refractivity contribution in [3.8, 4) is 0 Å². The van der Waals surface area contributed by atoms with Crippen molar-refractivity contribution in [2.45, 2.75) is 0 Å². The highest BCUT2D eigenvalue weighted by molar-refractivity contribution is 6.29.